The molecule has 26 heavy (non-hydrogen) atoms. The van der Waals surface area contributed by atoms with Crippen molar-refractivity contribution in [2.24, 2.45) is 0 Å². The number of benzene rings is 1. The van der Waals surface area contributed by atoms with E-state index in [0.29, 0.717) is 30.2 Å². The van der Waals surface area contributed by atoms with Crippen molar-refractivity contribution in [2.45, 2.75) is 12.8 Å². The number of aromatic nitrogens is 1. The van der Waals surface area contributed by atoms with Gasteiger partial charge in [0, 0.05) is 17.5 Å². The number of nitrogens with zero attached hydrogens (tertiary/aromatic N) is 1. The van der Waals surface area contributed by atoms with E-state index < -0.39 is 0 Å². The summed E-state index contributed by atoms with van der Waals surface area (Å²) in [5, 5.41) is 2.85. The van der Waals surface area contributed by atoms with E-state index >= 15 is 0 Å². The first kappa shape index (κ1) is 18.2. The molecule has 5 nitrogen and oxygen atoms in total. The standard InChI is InChI=1S/C19H17ClN2O3S/c1-24-13-4-6-14(7-5-13)25-19-16(3-2-12-21-19)22-18(23)11-9-15-8-10-17(20)26-15/h2-8,10,12H,9,11H2,1H3,(H,22,23). The van der Waals surface area contributed by atoms with Gasteiger partial charge in [0.25, 0.3) is 0 Å². The maximum absolute atomic E-state index is 12.2. The predicted molar refractivity (Wildman–Crippen MR) is 104 cm³/mol. The molecule has 0 bridgehead atoms. The third-order valence-corrected chi connectivity index (χ3v) is 4.84. The van der Waals surface area contributed by atoms with E-state index in [-0.39, 0.29) is 5.91 Å². The fourth-order valence-corrected chi connectivity index (χ4v) is 3.35. The molecule has 0 saturated carbocycles. The van der Waals surface area contributed by atoms with E-state index in [9.17, 15) is 4.79 Å². The second-order valence-corrected chi connectivity index (χ2v) is 7.19. The number of halogens is 1. The number of rotatable bonds is 7. The Hall–Kier alpha value is -2.57. The number of nitrogens with one attached hydrogen (secondary N) is 1. The summed E-state index contributed by atoms with van der Waals surface area (Å²) in [5.41, 5.74) is 0.525. The van der Waals surface area contributed by atoms with Crippen molar-refractivity contribution in [3.05, 3.63) is 63.9 Å². The van der Waals surface area contributed by atoms with Gasteiger partial charge in [0.05, 0.1) is 11.4 Å². The summed E-state index contributed by atoms with van der Waals surface area (Å²) in [6, 6.07) is 14.4. The SMILES string of the molecule is COc1ccc(Oc2ncccc2NC(=O)CCc2ccc(Cl)s2)cc1. The number of ether oxygens (including phenoxy) is 2. The van der Waals surface area contributed by atoms with E-state index in [1.807, 2.05) is 12.1 Å². The second kappa shape index (κ2) is 8.69. The molecule has 1 amide bonds. The summed E-state index contributed by atoms with van der Waals surface area (Å²) in [5.74, 6) is 1.57. The van der Waals surface area contributed by atoms with Gasteiger partial charge in [0.15, 0.2) is 0 Å². The topological polar surface area (TPSA) is 60.5 Å². The first-order valence-corrected chi connectivity index (χ1v) is 9.14. The highest BCUT2D eigenvalue weighted by Gasteiger charge is 2.11. The first-order valence-electron chi connectivity index (χ1n) is 7.95. The second-order valence-electron chi connectivity index (χ2n) is 5.39. The molecule has 0 spiro atoms. The number of carbonyl (C=O) groups is 1. The minimum atomic E-state index is -0.109. The smallest absolute Gasteiger partial charge is 0.243 e. The molecule has 0 atom stereocenters. The number of anilines is 1. The molecule has 0 aliphatic rings. The van der Waals surface area contributed by atoms with Crippen molar-refractivity contribution in [2.75, 3.05) is 12.4 Å². The van der Waals surface area contributed by atoms with Gasteiger partial charge >= 0.3 is 0 Å². The van der Waals surface area contributed by atoms with Crippen LogP contribution in [0.2, 0.25) is 4.34 Å². The Morgan fingerprint density at radius 3 is 2.62 bits per heavy atom. The van der Waals surface area contributed by atoms with E-state index in [1.165, 1.54) is 11.3 Å². The Morgan fingerprint density at radius 1 is 1.15 bits per heavy atom. The van der Waals surface area contributed by atoms with Crippen molar-refractivity contribution in [3.63, 3.8) is 0 Å². The van der Waals surface area contributed by atoms with Crippen LogP contribution in [-0.4, -0.2) is 18.0 Å². The monoisotopic (exact) mass is 388 g/mol. The third-order valence-electron chi connectivity index (χ3n) is 3.55. The zero-order chi connectivity index (χ0) is 18.4. The lowest BCUT2D eigenvalue weighted by atomic mass is 10.2. The number of aryl methyl sites for hydroxylation is 1. The van der Waals surface area contributed by atoms with Crippen LogP contribution < -0.4 is 14.8 Å². The van der Waals surface area contributed by atoms with Crippen LogP contribution >= 0.6 is 22.9 Å². The van der Waals surface area contributed by atoms with Gasteiger partial charge in [-0.05, 0) is 55.0 Å². The van der Waals surface area contributed by atoms with Gasteiger partial charge in [0.2, 0.25) is 11.8 Å². The summed E-state index contributed by atoms with van der Waals surface area (Å²) in [4.78, 5) is 17.5. The van der Waals surface area contributed by atoms with Gasteiger partial charge < -0.3 is 14.8 Å². The van der Waals surface area contributed by atoms with Crippen LogP contribution in [0.1, 0.15) is 11.3 Å². The van der Waals surface area contributed by atoms with Crippen LogP contribution in [0.4, 0.5) is 5.69 Å². The molecule has 0 saturated heterocycles. The number of carbonyl (C=O) groups excluding carboxylic acids is 1. The van der Waals surface area contributed by atoms with E-state index in [4.69, 9.17) is 21.1 Å². The fourth-order valence-electron chi connectivity index (χ4n) is 2.26. The summed E-state index contributed by atoms with van der Waals surface area (Å²) >= 11 is 7.39. The first-order chi connectivity index (χ1) is 12.6. The average molecular weight is 389 g/mol. The minimum absolute atomic E-state index is 0.109. The minimum Gasteiger partial charge on any atom is -0.497 e. The Balaban J connectivity index is 1.63. The molecule has 134 valence electrons. The van der Waals surface area contributed by atoms with E-state index in [1.54, 1.807) is 49.7 Å². The molecule has 0 radical (unpaired) electrons. The molecule has 2 heterocycles. The molecule has 0 fully saturated rings. The summed E-state index contributed by atoms with van der Waals surface area (Å²) in [7, 11) is 1.60. The summed E-state index contributed by atoms with van der Waals surface area (Å²) in [6.07, 6.45) is 2.61. The lowest BCUT2D eigenvalue weighted by Gasteiger charge is -2.11. The quantitative estimate of drug-likeness (QED) is 0.606. The number of hydrogen-bond donors (Lipinski definition) is 1. The molecule has 0 aliphatic carbocycles. The average Bonchev–Trinajstić information content (AvgIpc) is 3.08. The molecule has 7 heteroatoms. The van der Waals surface area contributed by atoms with Crippen LogP contribution in [0.15, 0.2) is 54.7 Å². The fraction of sp³-hybridized carbons (Fsp3) is 0.158. The van der Waals surface area contributed by atoms with Crippen molar-refractivity contribution in [1.82, 2.24) is 4.98 Å². The van der Waals surface area contributed by atoms with Gasteiger partial charge in [-0.1, -0.05) is 11.6 Å². The van der Waals surface area contributed by atoms with Gasteiger partial charge in [-0.3, -0.25) is 4.79 Å². The van der Waals surface area contributed by atoms with Crippen LogP contribution in [0.5, 0.6) is 17.4 Å². The zero-order valence-corrected chi connectivity index (χ0v) is 15.6. The molecule has 3 rings (SSSR count). The lowest BCUT2D eigenvalue weighted by molar-refractivity contribution is -0.116. The molecule has 3 aromatic rings. The van der Waals surface area contributed by atoms with Crippen LogP contribution in [0.25, 0.3) is 0 Å². The molecule has 0 unspecified atom stereocenters. The Bertz CT molecular complexity index is 881. The van der Waals surface area contributed by atoms with Crippen molar-refractivity contribution < 1.29 is 14.3 Å². The molecule has 2 aromatic heterocycles. The van der Waals surface area contributed by atoms with Gasteiger partial charge in [-0.2, -0.15) is 0 Å². The van der Waals surface area contributed by atoms with Gasteiger partial charge in [-0.25, -0.2) is 4.98 Å². The van der Waals surface area contributed by atoms with Crippen molar-refractivity contribution in [1.29, 1.82) is 0 Å². The highest BCUT2D eigenvalue weighted by Crippen LogP contribution is 2.28. The third kappa shape index (κ3) is 4.97. The molecule has 0 aliphatic heterocycles. The normalized spacial score (nSPS) is 10.4. The van der Waals surface area contributed by atoms with E-state index in [0.717, 1.165) is 15.0 Å². The molecular formula is C19H17ClN2O3S. The number of methoxy groups -OCH3 is 1. The summed E-state index contributed by atoms with van der Waals surface area (Å²) in [6.45, 7) is 0. The Morgan fingerprint density at radius 2 is 1.92 bits per heavy atom. The number of amides is 1. The maximum atomic E-state index is 12.2. The molecular weight excluding hydrogens is 372 g/mol. The van der Waals surface area contributed by atoms with Crippen molar-refractivity contribution in [3.8, 4) is 17.4 Å². The molecule has 1 N–H and O–H groups in total. The van der Waals surface area contributed by atoms with Gasteiger partial charge in [0.1, 0.15) is 17.2 Å². The Labute approximate surface area is 160 Å². The van der Waals surface area contributed by atoms with Crippen molar-refractivity contribution >= 4 is 34.5 Å². The van der Waals surface area contributed by atoms with Crippen LogP contribution in [-0.2, 0) is 11.2 Å². The lowest BCUT2D eigenvalue weighted by Crippen LogP contribution is -2.13. The predicted octanol–water partition coefficient (Wildman–Crippen LogP) is 5.17. The number of hydrogen-bond acceptors (Lipinski definition) is 5. The largest absolute Gasteiger partial charge is 0.497 e. The van der Waals surface area contributed by atoms with Crippen LogP contribution in [0.3, 0.4) is 0 Å². The Kier molecular flexibility index (Phi) is 6.09. The number of thiophene rings is 1. The highest BCUT2D eigenvalue weighted by molar-refractivity contribution is 7.16. The molecule has 1 aromatic carbocycles. The van der Waals surface area contributed by atoms with Gasteiger partial charge in [-0.15, -0.1) is 11.3 Å². The van der Waals surface area contributed by atoms with E-state index in [2.05, 4.69) is 10.3 Å². The highest BCUT2D eigenvalue weighted by atomic mass is 35.5. The maximum Gasteiger partial charge on any atom is 0.243 e. The number of pyridine rings is 1. The zero-order valence-electron chi connectivity index (χ0n) is 14.1. The summed E-state index contributed by atoms with van der Waals surface area (Å²) < 4.78 is 11.6. The van der Waals surface area contributed by atoms with Crippen LogP contribution in [0, 0.1) is 0 Å².